The summed E-state index contributed by atoms with van der Waals surface area (Å²) in [6.45, 7) is 7.97. The third-order valence-corrected chi connectivity index (χ3v) is 8.34. The van der Waals surface area contributed by atoms with E-state index in [2.05, 4.69) is 21.6 Å². The highest BCUT2D eigenvalue weighted by atomic mass is 35.5. The van der Waals surface area contributed by atoms with Gasteiger partial charge < -0.3 is 15.0 Å². The summed E-state index contributed by atoms with van der Waals surface area (Å²) in [4.78, 5) is 40.4. The van der Waals surface area contributed by atoms with Crippen molar-refractivity contribution in [3.05, 3.63) is 74.5 Å². The van der Waals surface area contributed by atoms with Gasteiger partial charge in [-0.3, -0.25) is 14.4 Å². The Morgan fingerprint density at radius 3 is 2.51 bits per heavy atom. The molecule has 2 heterocycles. The van der Waals surface area contributed by atoms with E-state index in [4.69, 9.17) is 16.3 Å². The van der Waals surface area contributed by atoms with Crippen molar-refractivity contribution in [3.63, 3.8) is 0 Å². The number of rotatable bonds is 7. The van der Waals surface area contributed by atoms with E-state index in [0.29, 0.717) is 35.7 Å². The third kappa shape index (κ3) is 6.18. The van der Waals surface area contributed by atoms with E-state index >= 15 is 4.39 Å². The molecular weight excluding hydrogens is 587 g/mol. The van der Waals surface area contributed by atoms with E-state index in [1.807, 2.05) is 0 Å². The first-order valence-electron chi connectivity index (χ1n) is 13.6. The van der Waals surface area contributed by atoms with Crippen molar-refractivity contribution >= 4 is 23.4 Å². The predicted molar refractivity (Wildman–Crippen MR) is 152 cm³/mol. The number of benzene rings is 1. The van der Waals surface area contributed by atoms with Gasteiger partial charge in [0.1, 0.15) is 11.9 Å². The van der Waals surface area contributed by atoms with Crippen LogP contribution in [-0.2, 0) is 4.79 Å². The van der Waals surface area contributed by atoms with Crippen molar-refractivity contribution in [2.45, 2.75) is 72.0 Å². The Labute approximate surface area is 251 Å². The molecule has 1 saturated heterocycles. The van der Waals surface area contributed by atoms with Crippen molar-refractivity contribution in [2.24, 2.45) is 10.8 Å². The molecular formula is C30H31ClF3N5O4. The Bertz CT molecular complexity index is 1610. The second kappa shape index (κ2) is 11.9. The standard InChI is InChI=1S/C30H31ClF3N5O4/c1-15-10-21(27(41)38-37-15)43-25-19(32)11-17(12-20(25)33)26(40)36-16(2)28(42)39-23(29(3,4)14-35)8-9-24(39)30(5)13-18(31)6-7-22(30)34/h6-7,10-12,16,23-24H,8-9,13H2,1-5H3,(H,36,40)(H,38,41)/t16-,23-,24+,30?/m1/s1. The van der Waals surface area contributed by atoms with Gasteiger partial charge in [0.25, 0.3) is 5.91 Å². The molecule has 4 atom stereocenters. The first-order chi connectivity index (χ1) is 20.1. The van der Waals surface area contributed by atoms with Gasteiger partial charge in [-0.25, -0.2) is 18.3 Å². The van der Waals surface area contributed by atoms with Crippen molar-refractivity contribution in [1.29, 1.82) is 5.26 Å². The average Bonchev–Trinajstić information content (AvgIpc) is 3.41. The molecule has 0 radical (unpaired) electrons. The summed E-state index contributed by atoms with van der Waals surface area (Å²) in [5, 5.41) is 18.5. The quantitative estimate of drug-likeness (QED) is 0.419. The van der Waals surface area contributed by atoms with Gasteiger partial charge in [-0.2, -0.15) is 10.4 Å². The average molecular weight is 618 g/mol. The van der Waals surface area contributed by atoms with Crippen LogP contribution in [0.15, 0.2) is 46.0 Å². The number of aromatic amines is 1. The number of hydrogen-bond donors (Lipinski definition) is 2. The van der Waals surface area contributed by atoms with Crippen LogP contribution in [0.4, 0.5) is 13.2 Å². The van der Waals surface area contributed by atoms with Crippen LogP contribution in [0.5, 0.6) is 11.5 Å². The van der Waals surface area contributed by atoms with E-state index in [9.17, 15) is 28.4 Å². The van der Waals surface area contributed by atoms with Gasteiger partial charge in [0.05, 0.1) is 23.2 Å². The molecule has 1 aromatic carbocycles. The fourth-order valence-corrected chi connectivity index (χ4v) is 6.01. The van der Waals surface area contributed by atoms with Crippen LogP contribution in [-0.4, -0.2) is 45.0 Å². The molecule has 1 aromatic heterocycles. The van der Waals surface area contributed by atoms with Crippen LogP contribution >= 0.6 is 11.6 Å². The molecule has 2 N–H and O–H groups in total. The molecule has 1 aliphatic heterocycles. The van der Waals surface area contributed by atoms with Gasteiger partial charge in [0.2, 0.25) is 5.91 Å². The zero-order chi connectivity index (χ0) is 31.9. The molecule has 2 aliphatic rings. The number of likely N-dealkylation sites (tertiary alicyclic amines) is 1. The molecule has 0 spiro atoms. The lowest BCUT2D eigenvalue weighted by atomic mass is 9.74. The van der Waals surface area contributed by atoms with Gasteiger partial charge in [-0.1, -0.05) is 18.5 Å². The largest absolute Gasteiger partial charge is 0.445 e. The number of allylic oxidation sites excluding steroid dienone is 3. The first kappa shape index (κ1) is 31.8. The molecule has 228 valence electrons. The van der Waals surface area contributed by atoms with Crippen molar-refractivity contribution in [1.82, 2.24) is 20.4 Å². The van der Waals surface area contributed by atoms with Gasteiger partial charge >= 0.3 is 5.56 Å². The van der Waals surface area contributed by atoms with E-state index in [1.54, 1.807) is 20.8 Å². The number of carbonyl (C=O) groups excluding carboxylic acids is 2. The van der Waals surface area contributed by atoms with E-state index in [1.165, 1.54) is 37.0 Å². The highest BCUT2D eigenvalue weighted by Crippen LogP contribution is 2.51. The number of carbonyl (C=O) groups is 2. The Morgan fingerprint density at radius 1 is 1.23 bits per heavy atom. The number of amides is 2. The maximum Gasteiger partial charge on any atom is 0.307 e. The number of aryl methyl sites for hydroxylation is 1. The van der Waals surface area contributed by atoms with Gasteiger partial charge in [0.15, 0.2) is 23.1 Å². The number of nitrogens with zero attached hydrogens (tertiary/aromatic N) is 3. The SMILES string of the molecule is Cc1cc(Oc2c(F)cc(C(=O)N[C@H](C)C(=O)N3[C@H](C4(C)CC(Cl)=CC=C4F)CC[C@@H]3C(C)(C)C#N)cc2F)c(=O)[nH]n1. The number of nitrogens with one attached hydrogen (secondary N) is 2. The lowest BCUT2D eigenvalue weighted by molar-refractivity contribution is -0.140. The van der Waals surface area contributed by atoms with Crippen LogP contribution in [0.1, 0.15) is 63.0 Å². The number of ether oxygens (including phenoxy) is 1. The highest BCUT2D eigenvalue weighted by Gasteiger charge is 2.54. The molecule has 1 unspecified atom stereocenters. The lowest BCUT2D eigenvalue weighted by Gasteiger charge is -2.45. The summed E-state index contributed by atoms with van der Waals surface area (Å²) in [5.41, 5.74) is -3.09. The summed E-state index contributed by atoms with van der Waals surface area (Å²) in [6.07, 6.45) is 3.68. The van der Waals surface area contributed by atoms with Gasteiger partial charge in [-0.05, 0) is 71.2 Å². The molecule has 13 heteroatoms. The molecule has 2 aromatic rings. The number of H-pyrrole nitrogens is 1. The lowest BCUT2D eigenvalue weighted by Crippen LogP contribution is -2.57. The zero-order valence-electron chi connectivity index (χ0n) is 24.2. The topological polar surface area (TPSA) is 128 Å². The van der Waals surface area contributed by atoms with Crippen molar-refractivity contribution < 1.29 is 27.5 Å². The normalized spacial score (nSPS) is 22.7. The maximum atomic E-state index is 15.3. The number of halogens is 4. The zero-order valence-corrected chi connectivity index (χ0v) is 25.0. The Kier molecular flexibility index (Phi) is 8.79. The highest BCUT2D eigenvalue weighted by molar-refractivity contribution is 6.29. The Balaban J connectivity index is 1.59. The van der Waals surface area contributed by atoms with Crippen LogP contribution in [0.3, 0.4) is 0 Å². The first-order valence-corrected chi connectivity index (χ1v) is 14.0. The van der Waals surface area contributed by atoms with Crippen LogP contribution in [0.2, 0.25) is 0 Å². The minimum Gasteiger partial charge on any atom is -0.445 e. The number of hydrogen-bond acceptors (Lipinski definition) is 6. The summed E-state index contributed by atoms with van der Waals surface area (Å²) in [6, 6.07) is 2.35. The monoisotopic (exact) mass is 617 g/mol. The number of nitriles is 1. The summed E-state index contributed by atoms with van der Waals surface area (Å²) in [7, 11) is 0. The van der Waals surface area contributed by atoms with Gasteiger partial charge in [-0.15, -0.1) is 0 Å². The van der Waals surface area contributed by atoms with E-state index in [-0.39, 0.29) is 6.42 Å². The summed E-state index contributed by atoms with van der Waals surface area (Å²) in [5.74, 6) is -5.82. The second-order valence-corrected chi connectivity index (χ2v) is 12.2. The molecule has 1 fully saturated rings. The van der Waals surface area contributed by atoms with Crippen LogP contribution in [0, 0.1) is 40.7 Å². The molecule has 1 aliphatic carbocycles. The van der Waals surface area contributed by atoms with Crippen molar-refractivity contribution in [3.8, 4) is 17.6 Å². The fourth-order valence-electron chi connectivity index (χ4n) is 5.67. The molecule has 0 bridgehead atoms. The van der Waals surface area contributed by atoms with E-state index in [0.717, 1.165) is 0 Å². The predicted octanol–water partition coefficient (Wildman–Crippen LogP) is 5.56. The maximum absolute atomic E-state index is 15.3. The van der Waals surface area contributed by atoms with E-state index < -0.39 is 80.9 Å². The van der Waals surface area contributed by atoms with Crippen LogP contribution in [0.25, 0.3) is 0 Å². The number of aromatic nitrogens is 2. The molecule has 9 nitrogen and oxygen atoms in total. The molecule has 43 heavy (non-hydrogen) atoms. The molecule has 4 rings (SSSR count). The minimum absolute atomic E-state index is 0.143. The third-order valence-electron chi connectivity index (χ3n) is 8.08. The Hall–Kier alpha value is -4.11. The van der Waals surface area contributed by atoms with Gasteiger partial charge in [0, 0.05) is 28.1 Å². The van der Waals surface area contributed by atoms with Crippen molar-refractivity contribution in [2.75, 3.05) is 0 Å². The van der Waals surface area contributed by atoms with Crippen LogP contribution < -0.4 is 15.6 Å². The smallest absolute Gasteiger partial charge is 0.307 e. The second-order valence-electron chi connectivity index (χ2n) is 11.7. The molecule has 2 amide bonds. The molecule has 0 saturated carbocycles. The minimum atomic E-state index is -1.26. The summed E-state index contributed by atoms with van der Waals surface area (Å²) >= 11 is 6.27. The summed E-state index contributed by atoms with van der Waals surface area (Å²) < 4.78 is 50.2. The Morgan fingerprint density at radius 2 is 1.88 bits per heavy atom. The fraction of sp³-hybridized carbons (Fsp3) is 0.433.